The quantitative estimate of drug-likeness (QED) is 0.259. The van der Waals surface area contributed by atoms with Crippen molar-refractivity contribution < 1.29 is 38.1 Å². The number of carbonyl (C=O) groups excluding carboxylic acids is 4. The third-order valence-electron chi connectivity index (χ3n) is 2.16. The Morgan fingerprint density at radius 2 is 1.32 bits per heavy atom. The van der Waals surface area contributed by atoms with Gasteiger partial charge in [0.1, 0.15) is 13.2 Å². The van der Waals surface area contributed by atoms with Crippen molar-refractivity contribution in [1.82, 2.24) is 0 Å². The van der Waals surface area contributed by atoms with Crippen LogP contribution in [-0.2, 0) is 38.1 Å². The maximum Gasteiger partial charge on any atom is 0.348 e. The molecule has 0 aliphatic heterocycles. The number of rotatable bonds is 9. The molecule has 0 aliphatic rings. The second-order valence-electron chi connectivity index (χ2n) is 3.90. The summed E-state index contributed by atoms with van der Waals surface area (Å²) in [6.45, 7) is 8.61. The topological polar surface area (TPSA) is 105 Å². The molecular formula is C14H18O8. The van der Waals surface area contributed by atoms with Crippen molar-refractivity contribution in [2.45, 2.75) is 26.1 Å². The Kier molecular flexibility index (Phi) is 8.92. The summed E-state index contributed by atoms with van der Waals surface area (Å²) in [4.78, 5) is 44.7. The van der Waals surface area contributed by atoms with Crippen LogP contribution in [0.2, 0.25) is 0 Å². The number of ether oxygens (including phenoxy) is 4. The van der Waals surface area contributed by atoms with Gasteiger partial charge in [0.15, 0.2) is 12.2 Å². The molecule has 0 aromatic rings. The fraction of sp³-hybridized carbons (Fsp3) is 0.429. The van der Waals surface area contributed by atoms with Gasteiger partial charge in [0, 0.05) is 12.2 Å². The summed E-state index contributed by atoms with van der Waals surface area (Å²) in [7, 11) is 0. The van der Waals surface area contributed by atoms with Crippen LogP contribution >= 0.6 is 0 Å². The molecule has 0 saturated heterocycles. The van der Waals surface area contributed by atoms with Gasteiger partial charge in [-0.2, -0.15) is 0 Å². The Balaban J connectivity index is 4.10. The highest BCUT2D eigenvalue weighted by molar-refractivity contribution is 5.86. The molecule has 0 aromatic carbocycles. The maximum absolute atomic E-state index is 11.5. The van der Waals surface area contributed by atoms with Crippen molar-refractivity contribution in [1.29, 1.82) is 0 Å². The van der Waals surface area contributed by atoms with Gasteiger partial charge in [-0.3, -0.25) is 0 Å². The molecule has 0 aliphatic carbocycles. The van der Waals surface area contributed by atoms with Crippen LogP contribution in [0.1, 0.15) is 13.8 Å². The maximum atomic E-state index is 11.5. The standard InChI is InChI=1S/C14H18O8/c1-5-11(15)19-7-8-20-13(17)9(3)22-14(18)10(4)21-12(16)6-2/h5-6,9-10H,1-2,7-8H2,3-4H3. The first-order valence-corrected chi connectivity index (χ1v) is 6.31. The highest BCUT2D eigenvalue weighted by Crippen LogP contribution is 2.02. The van der Waals surface area contributed by atoms with Crippen molar-refractivity contribution >= 4 is 23.9 Å². The molecule has 122 valence electrons. The normalized spacial score (nSPS) is 12.3. The molecule has 8 nitrogen and oxygen atoms in total. The third-order valence-corrected chi connectivity index (χ3v) is 2.16. The Morgan fingerprint density at radius 3 is 1.86 bits per heavy atom. The lowest BCUT2D eigenvalue weighted by molar-refractivity contribution is -0.176. The van der Waals surface area contributed by atoms with Gasteiger partial charge in [-0.1, -0.05) is 13.2 Å². The average molecular weight is 314 g/mol. The zero-order chi connectivity index (χ0) is 17.1. The van der Waals surface area contributed by atoms with Crippen molar-refractivity contribution in [3.63, 3.8) is 0 Å². The van der Waals surface area contributed by atoms with E-state index >= 15 is 0 Å². The molecule has 0 rings (SSSR count). The molecule has 0 spiro atoms. The van der Waals surface area contributed by atoms with Crippen molar-refractivity contribution in [3.05, 3.63) is 25.3 Å². The summed E-state index contributed by atoms with van der Waals surface area (Å²) in [6, 6.07) is 0. The molecule has 0 saturated carbocycles. The lowest BCUT2D eigenvalue weighted by atomic mass is 10.3. The lowest BCUT2D eigenvalue weighted by Gasteiger charge is -2.16. The van der Waals surface area contributed by atoms with E-state index in [9.17, 15) is 19.2 Å². The third kappa shape index (κ3) is 7.83. The predicted octanol–water partition coefficient (Wildman–Crippen LogP) is 0.308. The summed E-state index contributed by atoms with van der Waals surface area (Å²) < 4.78 is 18.7. The Bertz CT molecular complexity index is 454. The lowest BCUT2D eigenvalue weighted by Crippen LogP contribution is -2.33. The first-order valence-electron chi connectivity index (χ1n) is 6.31. The van der Waals surface area contributed by atoms with Crippen LogP contribution in [0.15, 0.2) is 25.3 Å². The fourth-order valence-corrected chi connectivity index (χ4v) is 1.05. The molecule has 0 heterocycles. The van der Waals surface area contributed by atoms with E-state index in [1.807, 2.05) is 0 Å². The first kappa shape index (κ1) is 19.4. The Hall–Kier alpha value is -2.64. The van der Waals surface area contributed by atoms with E-state index in [2.05, 4.69) is 22.6 Å². The summed E-state index contributed by atoms with van der Waals surface area (Å²) in [5, 5.41) is 0. The average Bonchev–Trinajstić information content (AvgIpc) is 2.50. The molecule has 2 atom stereocenters. The monoisotopic (exact) mass is 314 g/mol. The number of hydrogen-bond donors (Lipinski definition) is 0. The van der Waals surface area contributed by atoms with Crippen LogP contribution in [0.5, 0.6) is 0 Å². The number of hydrogen-bond acceptors (Lipinski definition) is 8. The van der Waals surface area contributed by atoms with Crippen LogP contribution in [0, 0.1) is 0 Å². The molecule has 0 radical (unpaired) electrons. The summed E-state index contributed by atoms with van der Waals surface area (Å²) in [5.41, 5.74) is 0. The second-order valence-corrected chi connectivity index (χ2v) is 3.90. The number of esters is 4. The van der Waals surface area contributed by atoms with Crippen LogP contribution in [0.3, 0.4) is 0 Å². The predicted molar refractivity (Wildman–Crippen MR) is 73.4 cm³/mol. The highest BCUT2D eigenvalue weighted by atomic mass is 16.6. The van der Waals surface area contributed by atoms with Gasteiger partial charge < -0.3 is 18.9 Å². The zero-order valence-electron chi connectivity index (χ0n) is 12.4. The van der Waals surface area contributed by atoms with E-state index < -0.39 is 36.1 Å². The minimum Gasteiger partial charge on any atom is -0.459 e. The van der Waals surface area contributed by atoms with Gasteiger partial charge in [0.05, 0.1) is 0 Å². The molecule has 0 fully saturated rings. The van der Waals surface area contributed by atoms with E-state index in [1.54, 1.807) is 0 Å². The number of carbonyl (C=O) groups is 4. The summed E-state index contributed by atoms with van der Waals surface area (Å²) in [5.74, 6) is -3.17. The fourth-order valence-electron chi connectivity index (χ4n) is 1.05. The summed E-state index contributed by atoms with van der Waals surface area (Å²) >= 11 is 0. The Morgan fingerprint density at radius 1 is 0.818 bits per heavy atom. The van der Waals surface area contributed by atoms with Crippen molar-refractivity contribution in [2.75, 3.05) is 13.2 Å². The smallest absolute Gasteiger partial charge is 0.348 e. The van der Waals surface area contributed by atoms with Gasteiger partial charge in [-0.15, -0.1) is 0 Å². The van der Waals surface area contributed by atoms with Gasteiger partial charge in [-0.05, 0) is 13.8 Å². The van der Waals surface area contributed by atoms with Gasteiger partial charge >= 0.3 is 23.9 Å². The SMILES string of the molecule is C=CC(=O)OCCOC(=O)C(C)OC(=O)C(C)OC(=O)C=C. The van der Waals surface area contributed by atoms with Crippen molar-refractivity contribution in [3.8, 4) is 0 Å². The first-order chi connectivity index (χ1) is 10.3. The molecule has 0 aromatic heterocycles. The van der Waals surface area contributed by atoms with E-state index in [4.69, 9.17) is 9.47 Å². The second kappa shape index (κ2) is 10.1. The molecule has 8 heteroatoms. The van der Waals surface area contributed by atoms with Crippen LogP contribution in [0.4, 0.5) is 0 Å². The molecule has 0 bridgehead atoms. The van der Waals surface area contributed by atoms with Crippen LogP contribution in [0.25, 0.3) is 0 Å². The summed E-state index contributed by atoms with van der Waals surface area (Å²) in [6.07, 6.45) is -0.522. The van der Waals surface area contributed by atoms with Gasteiger partial charge in [0.2, 0.25) is 0 Å². The minimum absolute atomic E-state index is 0.148. The molecule has 0 N–H and O–H groups in total. The molecular weight excluding hydrogens is 296 g/mol. The minimum atomic E-state index is -1.20. The highest BCUT2D eigenvalue weighted by Gasteiger charge is 2.24. The van der Waals surface area contributed by atoms with Gasteiger partial charge in [0.25, 0.3) is 0 Å². The Labute approximate surface area is 127 Å². The van der Waals surface area contributed by atoms with Crippen molar-refractivity contribution in [2.24, 2.45) is 0 Å². The van der Waals surface area contributed by atoms with E-state index in [-0.39, 0.29) is 13.2 Å². The van der Waals surface area contributed by atoms with Crippen LogP contribution < -0.4 is 0 Å². The molecule has 2 unspecified atom stereocenters. The largest absolute Gasteiger partial charge is 0.459 e. The van der Waals surface area contributed by atoms with E-state index in [0.29, 0.717) is 0 Å². The van der Waals surface area contributed by atoms with Gasteiger partial charge in [-0.25, -0.2) is 19.2 Å². The molecule has 22 heavy (non-hydrogen) atoms. The van der Waals surface area contributed by atoms with E-state index in [1.165, 1.54) is 13.8 Å². The molecule has 0 amide bonds. The van der Waals surface area contributed by atoms with Crippen LogP contribution in [-0.4, -0.2) is 49.3 Å². The van der Waals surface area contributed by atoms with E-state index in [0.717, 1.165) is 12.2 Å². The zero-order valence-corrected chi connectivity index (χ0v) is 12.4.